The van der Waals surface area contributed by atoms with Gasteiger partial charge in [-0.3, -0.25) is 4.57 Å². The first kappa shape index (κ1) is 9.70. The number of aromatic nitrogens is 4. The first-order valence-electron chi connectivity index (χ1n) is 4.98. The fourth-order valence-corrected chi connectivity index (χ4v) is 1.55. The number of hydrogen-bond acceptors (Lipinski definition) is 5. The number of rotatable bonds is 3. The molecule has 0 atom stereocenters. The predicted molar refractivity (Wildman–Crippen MR) is 59.6 cm³/mol. The van der Waals surface area contributed by atoms with Crippen molar-refractivity contribution in [3.05, 3.63) is 6.33 Å². The molecular formula is C9H14N6. The van der Waals surface area contributed by atoms with Gasteiger partial charge in [-0.2, -0.15) is 0 Å². The Morgan fingerprint density at radius 2 is 2.20 bits per heavy atom. The number of fused-ring (bicyclic) bond motifs is 1. The number of nitrogen functional groups attached to an aromatic ring is 1. The van der Waals surface area contributed by atoms with Crippen LogP contribution in [0.3, 0.4) is 0 Å². The van der Waals surface area contributed by atoms with Crippen molar-refractivity contribution in [3.8, 4) is 0 Å². The minimum atomic E-state index is 0.423. The zero-order chi connectivity index (χ0) is 10.8. The molecule has 2 heterocycles. The number of imidazole rings is 1. The van der Waals surface area contributed by atoms with Crippen LogP contribution in [0.4, 0.5) is 11.8 Å². The number of nitrogens with two attached hydrogens (primary N) is 1. The van der Waals surface area contributed by atoms with Crippen LogP contribution in [0.5, 0.6) is 0 Å². The second kappa shape index (κ2) is 3.72. The zero-order valence-electron chi connectivity index (χ0n) is 8.86. The highest BCUT2D eigenvalue weighted by molar-refractivity contribution is 5.83. The highest BCUT2D eigenvalue weighted by atomic mass is 15.2. The molecule has 0 aliphatic heterocycles. The van der Waals surface area contributed by atoms with E-state index < -0.39 is 0 Å². The Labute approximate surface area is 87.5 Å². The minimum Gasteiger partial charge on any atom is -0.382 e. The highest BCUT2D eigenvalue weighted by Gasteiger charge is 2.12. The van der Waals surface area contributed by atoms with Crippen LogP contribution >= 0.6 is 0 Å². The van der Waals surface area contributed by atoms with E-state index in [-0.39, 0.29) is 0 Å². The fourth-order valence-electron chi connectivity index (χ4n) is 1.55. The van der Waals surface area contributed by atoms with E-state index >= 15 is 0 Å². The maximum atomic E-state index is 5.73. The Kier molecular flexibility index (Phi) is 2.40. The molecule has 0 aliphatic rings. The normalized spacial score (nSPS) is 10.8. The van der Waals surface area contributed by atoms with Crippen molar-refractivity contribution in [2.45, 2.75) is 20.4 Å². The van der Waals surface area contributed by atoms with Gasteiger partial charge in [0, 0.05) is 13.1 Å². The van der Waals surface area contributed by atoms with Crippen molar-refractivity contribution in [1.82, 2.24) is 19.5 Å². The number of nitrogens with one attached hydrogen (secondary N) is 1. The van der Waals surface area contributed by atoms with E-state index in [9.17, 15) is 0 Å². The molecule has 0 saturated heterocycles. The molecule has 2 aromatic rings. The molecule has 15 heavy (non-hydrogen) atoms. The molecule has 0 spiro atoms. The molecule has 0 bridgehead atoms. The fraction of sp³-hybridized carbons (Fsp3) is 0.444. The first-order chi connectivity index (χ1) is 7.27. The Bertz CT molecular complexity index is 475. The summed E-state index contributed by atoms with van der Waals surface area (Å²) in [7, 11) is 0. The summed E-state index contributed by atoms with van der Waals surface area (Å²) < 4.78 is 1.98. The van der Waals surface area contributed by atoms with E-state index in [1.807, 2.05) is 18.4 Å². The van der Waals surface area contributed by atoms with Crippen LogP contribution in [0.15, 0.2) is 6.33 Å². The highest BCUT2D eigenvalue weighted by Crippen LogP contribution is 2.20. The van der Waals surface area contributed by atoms with Crippen LogP contribution in [-0.4, -0.2) is 26.1 Å². The van der Waals surface area contributed by atoms with Gasteiger partial charge in [-0.1, -0.05) is 0 Å². The van der Waals surface area contributed by atoms with E-state index in [0.717, 1.165) is 24.7 Å². The second-order valence-electron chi connectivity index (χ2n) is 3.14. The maximum Gasteiger partial charge on any atom is 0.205 e. The number of aryl methyl sites for hydroxylation is 1. The molecule has 0 aromatic carbocycles. The van der Waals surface area contributed by atoms with Crippen molar-refractivity contribution in [2.24, 2.45) is 0 Å². The third-order valence-electron chi connectivity index (χ3n) is 2.21. The van der Waals surface area contributed by atoms with Crippen molar-refractivity contribution >= 4 is 22.9 Å². The molecule has 0 saturated carbocycles. The van der Waals surface area contributed by atoms with Gasteiger partial charge >= 0.3 is 0 Å². The third kappa shape index (κ3) is 1.47. The summed E-state index contributed by atoms with van der Waals surface area (Å²) in [5.41, 5.74) is 7.18. The van der Waals surface area contributed by atoms with Crippen LogP contribution in [0, 0.1) is 0 Å². The Balaban J connectivity index is 2.67. The third-order valence-corrected chi connectivity index (χ3v) is 2.21. The van der Waals surface area contributed by atoms with E-state index in [1.54, 1.807) is 0 Å². The number of hydrogen-bond donors (Lipinski definition) is 2. The first-order valence-corrected chi connectivity index (χ1v) is 4.98. The monoisotopic (exact) mass is 206 g/mol. The van der Waals surface area contributed by atoms with Gasteiger partial charge in [-0.15, -0.1) is 0 Å². The van der Waals surface area contributed by atoms with Gasteiger partial charge in [-0.05, 0) is 13.8 Å². The van der Waals surface area contributed by atoms with E-state index in [4.69, 9.17) is 5.73 Å². The lowest BCUT2D eigenvalue weighted by Crippen LogP contribution is -2.06. The summed E-state index contributed by atoms with van der Waals surface area (Å²) in [6, 6.07) is 0. The average Bonchev–Trinajstić information content (AvgIpc) is 2.58. The average molecular weight is 206 g/mol. The summed E-state index contributed by atoms with van der Waals surface area (Å²) >= 11 is 0. The second-order valence-corrected chi connectivity index (χ2v) is 3.14. The lowest BCUT2D eigenvalue weighted by atomic mass is 10.5. The minimum absolute atomic E-state index is 0.423. The van der Waals surface area contributed by atoms with Crippen LogP contribution in [0.1, 0.15) is 13.8 Å². The Morgan fingerprint density at radius 1 is 1.40 bits per heavy atom. The molecule has 0 unspecified atom stereocenters. The molecule has 6 nitrogen and oxygen atoms in total. The molecule has 0 amide bonds. The topological polar surface area (TPSA) is 81.7 Å². The molecular weight excluding hydrogens is 192 g/mol. The van der Waals surface area contributed by atoms with E-state index in [2.05, 4.69) is 20.3 Å². The van der Waals surface area contributed by atoms with Gasteiger partial charge < -0.3 is 11.1 Å². The standard InChI is InChI=1S/C9H14N6/c1-3-11-9-14-6-7(10)12-5-13-8(6)15(9)4-2/h5H,3-4H2,1-2H3,(H,11,14)(H2,10,12,13). The van der Waals surface area contributed by atoms with Crippen molar-refractivity contribution in [3.63, 3.8) is 0 Å². The van der Waals surface area contributed by atoms with Crippen LogP contribution in [-0.2, 0) is 6.54 Å². The number of anilines is 2. The largest absolute Gasteiger partial charge is 0.382 e. The molecule has 0 aliphatic carbocycles. The SMILES string of the molecule is CCNc1nc2c(N)ncnc2n1CC. The molecule has 0 radical (unpaired) electrons. The zero-order valence-corrected chi connectivity index (χ0v) is 8.86. The number of nitrogens with zero attached hydrogens (tertiary/aromatic N) is 4. The van der Waals surface area contributed by atoms with Crippen molar-refractivity contribution < 1.29 is 0 Å². The summed E-state index contributed by atoms with van der Waals surface area (Å²) in [5.74, 6) is 1.22. The van der Waals surface area contributed by atoms with Gasteiger partial charge in [0.1, 0.15) is 6.33 Å². The van der Waals surface area contributed by atoms with Crippen molar-refractivity contribution in [1.29, 1.82) is 0 Å². The quantitative estimate of drug-likeness (QED) is 0.778. The van der Waals surface area contributed by atoms with Crippen LogP contribution in [0.2, 0.25) is 0 Å². The molecule has 6 heteroatoms. The maximum absolute atomic E-state index is 5.73. The van der Waals surface area contributed by atoms with Gasteiger partial charge in [0.2, 0.25) is 5.95 Å². The predicted octanol–water partition coefficient (Wildman–Crippen LogP) is 0.860. The summed E-state index contributed by atoms with van der Waals surface area (Å²) in [5, 5.41) is 3.17. The lowest BCUT2D eigenvalue weighted by molar-refractivity contribution is 0.780. The molecule has 0 fully saturated rings. The van der Waals surface area contributed by atoms with Gasteiger partial charge in [0.05, 0.1) is 0 Å². The molecule has 3 N–H and O–H groups in total. The Morgan fingerprint density at radius 3 is 2.87 bits per heavy atom. The van der Waals surface area contributed by atoms with Crippen LogP contribution < -0.4 is 11.1 Å². The van der Waals surface area contributed by atoms with E-state index in [0.29, 0.717) is 11.3 Å². The van der Waals surface area contributed by atoms with E-state index in [1.165, 1.54) is 6.33 Å². The lowest BCUT2D eigenvalue weighted by Gasteiger charge is -2.04. The summed E-state index contributed by atoms with van der Waals surface area (Å²) in [6.07, 6.45) is 1.46. The molecule has 80 valence electrons. The van der Waals surface area contributed by atoms with Crippen molar-refractivity contribution in [2.75, 3.05) is 17.6 Å². The molecule has 2 rings (SSSR count). The smallest absolute Gasteiger partial charge is 0.205 e. The summed E-state index contributed by atoms with van der Waals surface area (Å²) in [6.45, 7) is 5.68. The van der Waals surface area contributed by atoms with Gasteiger partial charge in [0.15, 0.2) is 17.0 Å². The van der Waals surface area contributed by atoms with Gasteiger partial charge in [0.25, 0.3) is 0 Å². The van der Waals surface area contributed by atoms with Gasteiger partial charge in [-0.25, -0.2) is 15.0 Å². The summed E-state index contributed by atoms with van der Waals surface area (Å²) in [4.78, 5) is 12.5. The van der Waals surface area contributed by atoms with Crippen LogP contribution in [0.25, 0.3) is 11.2 Å². The Hall–Kier alpha value is -1.85. The molecule has 2 aromatic heterocycles.